The van der Waals surface area contributed by atoms with Gasteiger partial charge in [0.1, 0.15) is 22.6 Å². The first-order valence-electron chi connectivity index (χ1n) is 16.9. The fourth-order valence-corrected chi connectivity index (χ4v) is 7.45. The summed E-state index contributed by atoms with van der Waals surface area (Å²) in [5.74, 6) is 2.56. The molecule has 0 unspecified atom stereocenters. The maximum absolute atomic E-state index is 5.26. The van der Waals surface area contributed by atoms with Crippen LogP contribution in [0.3, 0.4) is 0 Å². The molecule has 3 aromatic heterocycles. The van der Waals surface area contributed by atoms with Gasteiger partial charge in [0.05, 0.1) is 0 Å². The Labute approximate surface area is 277 Å². The number of H-pyrrole nitrogens is 2. The van der Waals surface area contributed by atoms with E-state index in [4.69, 9.17) is 29.9 Å². The third-order valence-corrected chi connectivity index (χ3v) is 9.81. The number of hydrogen-bond donors (Lipinski definition) is 2. The Morgan fingerprint density at radius 3 is 1.19 bits per heavy atom. The van der Waals surface area contributed by atoms with E-state index >= 15 is 0 Å². The number of rotatable bonds is 4. The van der Waals surface area contributed by atoms with E-state index in [1.807, 2.05) is 0 Å². The second kappa shape index (κ2) is 10.9. The van der Waals surface area contributed by atoms with Gasteiger partial charge < -0.3 is 9.97 Å². The van der Waals surface area contributed by atoms with Gasteiger partial charge in [0.25, 0.3) is 0 Å². The van der Waals surface area contributed by atoms with Crippen LogP contribution in [0, 0.1) is 0 Å². The minimum absolute atomic E-state index is 0.634. The van der Waals surface area contributed by atoms with Crippen molar-refractivity contribution < 1.29 is 0 Å². The van der Waals surface area contributed by atoms with Crippen LogP contribution in [0.4, 0.5) is 0 Å². The number of aromatic amines is 2. The molecule has 9 rings (SSSR count). The van der Waals surface area contributed by atoms with Gasteiger partial charge >= 0.3 is 0 Å². The number of nitrogens with zero attached hydrogens (tertiary/aromatic N) is 6. The van der Waals surface area contributed by atoms with Gasteiger partial charge in [-0.2, -0.15) is 0 Å². The monoisotopic (exact) mass is 626 g/mol. The van der Waals surface area contributed by atoms with Crippen LogP contribution in [0.25, 0.3) is 89.7 Å². The van der Waals surface area contributed by atoms with Crippen LogP contribution < -0.4 is 0 Å². The van der Waals surface area contributed by atoms with E-state index in [9.17, 15) is 0 Å². The normalized spacial score (nSPS) is 12.1. The first kappa shape index (κ1) is 28.5. The smallest absolute Gasteiger partial charge is 0.165 e. The summed E-state index contributed by atoms with van der Waals surface area (Å²) in [5, 5.41) is 4.10. The Morgan fingerprint density at radius 2 is 0.771 bits per heavy atom. The van der Waals surface area contributed by atoms with E-state index in [1.165, 1.54) is 22.3 Å². The zero-order valence-corrected chi connectivity index (χ0v) is 27.4. The second-order valence-corrected chi connectivity index (χ2v) is 12.4. The van der Waals surface area contributed by atoms with Gasteiger partial charge in [-0.3, -0.25) is 0 Å². The van der Waals surface area contributed by atoms with E-state index < -0.39 is 0 Å². The quantitative estimate of drug-likeness (QED) is 0.202. The van der Waals surface area contributed by atoms with Crippen molar-refractivity contribution in [1.82, 2.24) is 39.9 Å². The van der Waals surface area contributed by atoms with Crippen LogP contribution in [0.1, 0.15) is 49.9 Å². The van der Waals surface area contributed by atoms with Crippen LogP contribution in [0.15, 0.2) is 72.8 Å². The SMILES string of the molecule is CCc1cccc2c1-c1nc-2nc2[nH]c(nc3nc(nc4[nH]c(n1)c1cccc(CC)c41)-c1cccc(CC)c1-3)c1cccc(CC)c21. The van der Waals surface area contributed by atoms with E-state index in [-0.39, 0.29) is 0 Å². The lowest BCUT2D eigenvalue weighted by Crippen LogP contribution is -1.89. The summed E-state index contributed by atoms with van der Waals surface area (Å²) in [6, 6.07) is 25.4. The van der Waals surface area contributed by atoms with Crippen molar-refractivity contribution in [2.45, 2.75) is 53.4 Å². The van der Waals surface area contributed by atoms with Crippen LogP contribution in [0.5, 0.6) is 0 Å². The zero-order chi connectivity index (χ0) is 32.5. The second-order valence-electron chi connectivity index (χ2n) is 12.4. The lowest BCUT2D eigenvalue weighted by Gasteiger charge is -2.05. The molecule has 0 radical (unpaired) electrons. The molecule has 48 heavy (non-hydrogen) atoms. The van der Waals surface area contributed by atoms with Crippen molar-refractivity contribution >= 4 is 44.1 Å². The summed E-state index contributed by atoms with van der Waals surface area (Å²) >= 11 is 0. The van der Waals surface area contributed by atoms with E-state index in [0.29, 0.717) is 23.3 Å². The van der Waals surface area contributed by atoms with E-state index in [2.05, 4.69) is 110 Å². The molecule has 0 spiro atoms. The first-order chi connectivity index (χ1) is 23.6. The number of nitrogens with one attached hydrogen (secondary N) is 2. The highest BCUT2D eigenvalue weighted by molar-refractivity contribution is 6.08. The number of hydrogen-bond acceptors (Lipinski definition) is 6. The number of fused-ring (bicyclic) bond motifs is 20. The molecule has 0 fully saturated rings. The zero-order valence-electron chi connectivity index (χ0n) is 27.4. The van der Waals surface area contributed by atoms with Gasteiger partial charge in [0.15, 0.2) is 23.3 Å². The Kier molecular flexibility index (Phi) is 6.47. The molecule has 234 valence electrons. The van der Waals surface area contributed by atoms with Gasteiger partial charge in [-0.1, -0.05) is 100 Å². The predicted molar refractivity (Wildman–Crippen MR) is 194 cm³/mol. The molecule has 7 aromatic rings. The molecule has 0 saturated carbocycles. The largest absolute Gasteiger partial charge is 0.324 e. The third kappa shape index (κ3) is 4.15. The highest BCUT2D eigenvalue weighted by atomic mass is 15.1. The maximum Gasteiger partial charge on any atom is 0.165 e. The molecule has 0 saturated heterocycles. The summed E-state index contributed by atoms with van der Waals surface area (Å²) < 4.78 is 0. The highest BCUT2D eigenvalue weighted by Gasteiger charge is 2.25. The molecule has 0 atom stereocenters. The number of aromatic nitrogens is 8. The molecule has 2 aliphatic rings. The van der Waals surface area contributed by atoms with Crippen molar-refractivity contribution in [3.63, 3.8) is 0 Å². The number of aryl methyl sites for hydroxylation is 4. The lowest BCUT2D eigenvalue weighted by atomic mass is 10.00. The van der Waals surface area contributed by atoms with Crippen molar-refractivity contribution in [2.24, 2.45) is 0 Å². The fourth-order valence-electron chi connectivity index (χ4n) is 7.45. The molecule has 8 nitrogen and oxygen atoms in total. The molecular weight excluding hydrogens is 592 g/mol. The fraction of sp³-hybridized carbons (Fsp3) is 0.200. The molecule has 4 aromatic carbocycles. The van der Waals surface area contributed by atoms with Gasteiger partial charge in [0.2, 0.25) is 0 Å². The number of benzene rings is 4. The lowest BCUT2D eigenvalue weighted by molar-refractivity contribution is 1.13. The first-order valence-corrected chi connectivity index (χ1v) is 16.9. The minimum Gasteiger partial charge on any atom is -0.324 e. The average molecular weight is 627 g/mol. The summed E-state index contributed by atoms with van der Waals surface area (Å²) in [6.07, 6.45) is 3.41. The molecule has 5 heterocycles. The molecule has 8 heteroatoms. The van der Waals surface area contributed by atoms with Gasteiger partial charge in [0, 0.05) is 43.8 Å². The van der Waals surface area contributed by atoms with Crippen LogP contribution >= 0.6 is 0 Å². The molecule has 2 aliphatic heterocycles. The van der Waals surface area contributed by atoms with Crippen molar-refractivity contribution in [3.05, 3.63) is 95.1 Å². The van der Waals surface area contributed by atoms with E-state index in [1.54, 1.807) is 0 Å². The summed E-state index contributed by atoms with van der Waals surface area (Å²) in [4.78, 5) is 38.5. The molecule has 8 bridgehead atoms. The van der Waals surface area contributed by atoms with Crippen LogP contribution in [-0.4, -0.2) is 39.9 Å². The average Bonchev–Trinajstić information content (AvgIpc) is 3.86. The Balaban J connectivity index is 1.53. The highest BCUT2D eigenvalue weighted by Crippen LogP contribution is 2.40. The van der Waals surface area contributed by atoms with Gasteiger partial charge in [-0.05, 0) is 47.9 Å². The molecule has 0 amide bonds. The van der Waals surface area contributed by atoms with Crippen molar-refractivity contribution in [1.29, 1.82) is 0 Å². The molecule has 2 N–H and O–H groups in total. The Bertz CT molecular complexity index is 2450. The third-order valence-electron chi connectivity index (χ3n) is 9.81. The van der Waals surface area contributed by atoms with Gasteiger partial charge in [-0.15, -0.1) is 0 Å². The van der Waals surface area contributed by atoms with Crippen LogP contribution in [-0.2, 0) is 25.7 Å². The maximum atomic E-state index is 5.26. The predicted octanol–water partition coefficient (Wildman–Crippen LogP) is 9.12. The molecule has 0 aliphatic carbocycles. The Morgan fingerprint density at radius 1 is 0.396 bits per heavy atom. The van der Waals surface area contributed by atoms with Crippen molar-refractivity contribution in [2.75, 3.05) is 0 Å². The Hall–Kier alpha value is -5.76. The summed E-state index contributed by atoms with van der Waals surface area (Å²) in [6.45, 7) is 8.68. The van der Waals surface area contributed by atoms with E-state index in [0.717, 1.165) is 92.1 Å². The topological polar surface area (TPSA) is 109 Å². The summed E-state index contributed by atoms with van der Waals surface area (Å²) in [5.41, 5.74) is 11.7. The van der Waals surface area contributed by atoms with Gasteiger partial charge in [-0.25, -0.2) is 29.9 Å². The van der Waals surface area contributed by atoms with Crippen molar-refractivity contribution in [3.8, 4) is 45.6 Å². The molecular formula is C40H34N8. The minimum atomic E-state index is 0.634. The standard InChI is InChI=1S/C40H34N8/c1-5-21-13-9-17-25-29(21)37-41-33(25)46-38-31-23(7-3)15-11-19-27(31)35(43-38)48-40-32-24(8-4)16-12-20-28(32)36(44-40)47-39-30-22(6-2)14-10-18-26(30)34(42-39)45-37/h9-20H,5-8H2,1-4H3,(H2,41,42,43,44,45,46,47,48). The van der Waals surface area contributed by atoms with Crippen LogP contribution in [0.2, 0.25) is 0 Å². The summed E-state index contributed by atoms with van der Waals surface area (Å²) in [7, 11) is 0.